The van der Waals surface area contributed by atoms with Crippen LogP contribution < -0.4 is 0 Å². The molecule has 0 radical (unpaired) electrons. The number of carbonyl (C=O) groups is 1. The van der Waals surface area contributed by atoms with Gasteiger partial charge in [0, 0.05) is 13.6 Å². The predicted molar refractivity (Wildman–Crippen MR) is 53.4 cm³/mol. The number of nitriles is 1. The fraction of sp³-hybridized carbons (Fsp3) is 0.273. The van der Waals surface area contributed by atoms with Crippen molar-refractivity contribution in [1.29, 1.82) is 5.26 Å². The Kier molecular flexibility index (Phi) is 4.43. The van der Waals surface area contributed by atoms with Crippen LogP contribution >= 0.6 is 0 Å². The summed E-state index contributed by atoms with van der Waals surface area (Å²) >= 11 is 0. The zero-order valence-corrected chi connectivity index (χ0v) is 9.61. The van der Waals surface area contributed by atoms with Gasteiger partial charge in [0.2, 0.25) is 5.82 Å². The molecule has 0 saturated heterocycles. The second-order valence-electron chi connectivity index (χ2n) is 3.58. The van der Waals surface area contributed by atoms with Crippen LogP contribution in [0.1, 0.15) is 16.8 Å². The van der Waals surface area contributed by atoms with E-state index < -0.39 is 40.6 Å². The monoisotopic (exact) mass is 278 g/mol. The highest BCUT2D eigenvalue weighted by molar-refractivity contribution is 5.94. The summed E-state index contributed by atoms with van der Waals surface area (Å²) in [5.41, 5.74) is -1.53. The Labute approximate surface area is 104 Å². The molecule has 8 heteroatoms. The van der Waals surface area contributed by atoms with Gasteiger partial charge in [-0.15, -0.1) is 0 Å². The van der Waals surface area contributed by atoms with Crippen molar-refractivity contribution in [3.05, 3.63) is 34.6 Å². The normalized spacial score (nSPS) is 10.2. The number of rotatable bonds is 3. The fourth-order valence-corrected chi connectivity index (χ4v) is 1.30. The van der Waals surface area contributed by atoms with E-state index in [2.05, 4.69) is 0 Å². The highest BCUT2D eigenvalue weighted by Crippen LogP contribution is 2.23. The number of amides is 1. The maximum absolute atomic E-state index is 13.3. The molecule has 3 nitrogen and oxygen atoms in total. The molecule has 0 aromatic heterocycles. The van der Waals surface area contributed by atoms with Crippen molar-refractivity contribution in [2.45, 2.75) is 6.42 Å². The van der Waals surface area contributed by atoms with E-state index >= 15 is 0 Å². The first-order valence-corrected chi connectivity index (χ1v) is 4.96. The maximum atomic E-state index is 13.3. The Hall–Kier alpha value is -2.17. The van der Waals surface area contributed by atoms with E-state index in [0.717, 1.165) is 7.05 Å². The minimum atomic E-state index is -2.33. The van der Waals surface area contributed by atoms with E-state index in [1.807, 2.05) is 0 Å². The van der Waals surface area contributed by atoms with Gasteiger partial charge >= 0.3 is 0 Å². The second kappa shape index (κ2) is 5.65. The Morgan fingerprint density at radius 2 is 1.47 bits per heavy atom. The molecule has 1 aromatic carbocycles. The Morgan fingerprint density at radius 3 is 1.89 bits per heavy atom. The third-order valence-electron chi connectivity index (χ3n) is 2.33. The van der Waals surface area contributed by atoms with Crippen molar-refractivity contribution < 1.29 is 26.7 Å². The van der Waals surface area contributed by atoms with E-state index in [4.69, 9.17) is 5.26 Å². The molecular formula is C11H7F5N2O. The van der Waals surface area contributed by atoms with Crippen LogP contribution in [0, 0.1) is 40.4 Å². The van der Waals surface area contributed by atoms with Crippen molar-refractivity contribution >= 4 is 5.91 Å². The molecular weight excluding hydrogens is 271 g/mol. The second-order valence-corrected chi connectivity index (χ2v) is 3.58. The summed E-state index contributed by atoms with van der Waals surface area (Å²) in [4.78, 5) is 12.3. The zero-order chi connectivity index (χ0) is 14.7. The Bertz CT molecular complexity index is 538. The van der Waals surface area contributed by atoms with Crippen molar-refractivity contribution in [2.75, 3.05) is 13.6 Å². The summed E-state index contributed by atoms with van der Waals surface area (Å²) in [6, 6.07) is 1.68. The van der Waals surface area contributed by atoms with Gasteiger partial charge in [-0.2, -0.15) is 5.26 Å². The molecule has 1 amide bonds. The lowest BCUT2D eigenvalue weighted by Gasteiger charge is -2.16. The molecule has 0 unspecified atom stereocenters. The van der Waals surface area contributed by atoms with Crippen molar-refractivity contribution in [2.24, 2.45) is 0 Å². The molecule has 0 fully saturated rings. The van der Waals surface area contributed by atoms with Gasteiger partial charge in [-0.1, -0.05) is 0 Å². The highest BCUT2D eigenvalue weighted by atomic mass is 19.2. The number of nitrogens with zero attached hydrogens (tertiary/aromatic N) is 2. The van der Waals surface area contributed by atoms with E-state index in [1.54, 1.807) is 6.07 Å². The van der Waals surface area contributed by atoms with Crippen LogP contribution in [0.3, 0.4) is 0 Å². The first-order chi connectivity index (χ1) is 8.82. The Balaban J connectivity index is 3.29. The third kappa shape index (κ3) is 2.65. The van der Waals surface area contributed by atoms with E-state index in [-0.39, 0.29) is 13.0 Å². The van der Waals surface area contributed by atoms with Crippen molar-refractivity contribution in [3.63, 3.8) is 0 Å². The molecule has 1 aromatic rings. The zero-order valence-electron chi connectivity index (χ0n) is 9.61. The first kappa shape index (κ1) is 14.9. The van der Waals surface area contributed by atoms with Crippen LogP contribution in [-0.4, -0.2) is 24.4 Å². The highest BCUT2D eigenvalue weighted by Gasteiger charge is 2.30. The molecule has 0 atom stereocenters. The largest absolute Gasteiger partial charge is 0.340 e. The van der Waals surface area contributed by atoms with E-state index in [9.17, 15) is 26.7 Å². The molecule has 102 valence electrons. The fourth-order valence-electron chi connectivity index (χ4n) is 1.30. The number of hydrogen-bond donors (Lipinski definition) is 0. The van der Waals surface area contributed by atoms with E-state index in [1.165, 1.54) is 0 Å². The lowest BCUT2D eigenvalue weighted by atomic mass is 10.1. The smallest absolute Gasteiger partial charge is 0.259 e. The average Bonchev–Trinajstić information content (AvgIpc) is 2.40. The first-order valence-electron chi connectivity index (χ1n) is 4.96. The summed E-state index contributed by atoms with van der Waals surface area (Å²) in [5, 5.41) is 8.30. The lowest BCUT2D eigenvalue weighted by Crippen LogP contribution is -2.30. The molecule has 0 heterocycles. The van der Waals surface area contributed by atoms with Gasteiger partial charge in [0.15, 0.2) is 23.3 Å². The van der Waals surface area contributed by atoms with Crippen LogP contribution in [0.25, 0.3) is 0 Å². The Morgan fingerprint density at radius 1 is 1.05 bits per heavy atom. The number of hydrogen-bond acceptors (Lipinski definition) is 2. The molecule has 0 aliphatic carbocycles. The minimum Gasteiger partial charge on any atom is -0.340 e. The number of halogens is 5. The summed E-state index contributed by atoms with van der Waals surface area (Å²) in [6.45, 7) is -0.200. The van der Waals surface area contributed by atoms with Gasteiger partial charge in [-0.05, 0) is 0 Å². The average molecular weight is 278 g/mol. The molecule has 0 bridgehead atoms. The van der Waals surface area contributed by atoms with E-state index in [0.29, 0.717) is 4.90 Å². The maximum Gasteiger partial charge on any atom is 0.259 e. The molecule has 0 aliphatic rings. The quantitative estimate of drug-likeness (QED) is 0.484. The van der Waals surface area contributed by atoms with Crippen LogP contribution in [0.2, 0.25) is 0 Å². The SMILES string of the molecule is CN(CCC#N)C(=O)c1c(F)c(F)c(F)c(F)c1F. The van der Waals surface area contributed by atoms with Crippen LogP contribution in [0.5, 0.6) is 0 Å². The predicted octanol–water partition coefficient (Wildman–Crippen LogP) is 2.37. The van der Waals surface area contributed by atoms with Crippen molar-refractivity contribution in [3.8, 4) is 6.07 Å². The van der Waals surface area contributed by atoms with Crippen molar-refractivity contribution in [1.82, 2.24) is 4.90 Å². The van der Waals surface area contributed by atoms with Gasteiger partial charge in [-0.25, -0.2) is 22.0 Å². The number of carbonyl (C=O) groups excluding carboxylic acids is 1. The molecule has 1 rings (SSSR count). The molecule has 0 spiro atoms. The summed E-state index contributed by atoms with van der Waals surface area (Å²) in [5.74, 6) is -12.5. The third-order valence-corrected chi connectivity index (χ3v) is 2.33. The number of benzene rings is 1. The van der Waals surface area contributed by atoms with Crippen LogP contribution in [0.4, 0.5) is 22.0 Å². The van der Waals surface area contributed by atoms with Gasteiger partial charge < -0.3 is 4.90 Å². The molecule has 19 heavy (non-hydrogen) atoms. The molecule has 0 aliphatic heterocycles. The topological polar surface area (TPSA) is 44.1 Å². The van der Waals surface area contributed by atoms with Gasteiger partial charge in [0.25, 0.3) is 5.91 Å². The molecule has 0 saturated carbocycles. The summed E-state index contributed by atoms with van der Waals surface area (Å²) in [7, 11) is 1.08. The van der Waals surface area contributed by atoms with Crippen LogP contribution in [-0.2, 0) is 0 Å². The summed E-state index contributed by atoms with van der Waals surface area (Å²) in [6.07, 6.45) is -0.141. The van der Waals surface area contributed by atoms with Crippen LogP contribution in [0.15, 0.2) is 0 Å². The standard InChI is InChI=1S/C11H7F5N2O/c1-18(4-2-3-17)11(19)5-6(12)8(14)10(16)9(15)7(5)13/h2,4H2,1H3. The summed E-state index contributed by atoms with van der Waals surface area (Å²) < 4.78 is 65.2. The molecule has 0 N–H and O–H groups in total. The van der Waals surface area contributed by atoms with Gasteiger partial charge in [-0.3, -0.25) is 4.79 Å². The van der Waals surface area contributed by atoms with Gasteiger partial charge in [0.05, 0.1) is 12.5 Å². The minimum absolute atomic E-state index is 0.141. The van der Waals surface area contributed by atoms with Gasteiger partial charge in [0.1, 0.15) is 5.56 Å². The lowest BCUT2D eigenvalue weighted by molar-refractivity contribution is 0.0785.